The van der Waals surface area contributed by atoms with Gasteiger partial charge in [-0.3, -0.25) is 0 Å². The van der Waals surface area contributed by atoms with Gasteiger partial charge in [0.05, 0.1) is 5.69 Å². The van der Waals surface area contributed by atoms with E-state index in [4.69, 9.17) is 11.6 Å². The van der Waals surface area contributed by atoms with E-state index in [0.717, 1.165) is 24.0 Å². The standard InChI is InChI=1S/C12H19ClN2S/c1-2-10-7-16-11(15-10)14-9-12(8-13)5-3-4-6-12/h7H,2-6,8-9H2,1H3,(H,14,15). The summed E-state index contributed by atoms with van der Waals surface area (Å²) in [6.45, 7) is 3.11. The maximum atomic E-state index is 6.11. The summed E-state index contributed by atoms with van der Waals surface area (Å²) in [7, 11) is 0. The number of aryl methyl sites for hydroxylation is 1. The predicted octanol–water partition coefficient (Wildman–Crippen LogP) is 3.92. The van der Waals surface area contributed by atoms with E-state index in [9.17, 15) is 0 Å². The van der Waals surface area contributed by atoms with Crippen LogP contribution in [0.2, 0.25) is 0 Å². The summed E-state index contributed by atoms with van der Waals surface area (Å²) < 4.78 is 0. The molecule has 90 valence electrons. The Morgan fingerprint density at radius 2 is 2.25 bits per heavy atom. The fourth-order valence-electron chi connectivity index (χ4n) is 2.30. The molecule has 0 spiro atoms. The number of alkyl halides is 1. The van der Waals surface area contributed by atoms with Crippen molar-refractivity contribution in [2.75, 3.05) is 17.7 Å². The van der Waals surface area contributed by atoms with Crippen LogP contribution >= 0.6 is 22.9 Å². The number of thiazole rings is 1. The van der Waals surface area contributed by atoms with Crippen molar-refractivity contribution in [3.63, 3.8) is 0 Å². The topological polar surface area (TPSA) is 24.9 Å². The van der Waals surface area contributed by atoms with Gasteiger partial charge in [0.25, 0.3) is 0 Å². The van der Waals surface area contributed by atoms with Gasteiger partial charge in [0, 0.05) is 23.2 Å². The molecule has 0 atom stereocenters. The van der Waals surface area contributed by atoms with Crippen LogP contribution in [0.25, 0.3) is 0 Å². The third kappa shape index (κ3) is 2.69. The van der Waals surface area contributed by atoms with E-state index in [0.29, 0.717) is 5.41 Å². The average Bonchev–Trinajstić information content (AvgIpc) is 2.96. The number of hydrogen-bond acceptors (Lipinski definition) is 3. The van der Waals surface area contributed by atoms with Crippen LogP contribution in [-0.4, -0.2) is 17.4 Å². The summed E-state index contributed by atoms with van der Waals surface area (Å²) in [6, 6.07) is 0. The van der Waals surface area contributed by atoms with Crippen molar-refractivity contribution >= 4 is 28.1 Å². The molecule has 1 aromatic rings. The number of aromatic nitrogens is 1. The van der Waals surface area contributed by atoms with Crippen LogP contribution in [0.1, 0.15) is 38.3 Å². The second-order valence-corrected chi connectivity index (χ2v) is 5.82. The molecule has 0 radical (unpaired) electrons. The van der Waals surface area contributed by atoms with Crippen LogP contribution < -0.4 is 5.32 Å². The molecule has 1 aliphatic rings. The summed E-state index contributed by atoms with van der Waals surface area (Å²) >= 11 is 7.81. The van der Waals surface area contributed by atoms with Gasteiger partial charge < -0.3 is 5.32 Å². The van der Waals surface area contributed by atoms with Crippen molar-refractivity contribution in [1.29, 1.82) is 0 Å². The van der Waals surface area contributed by atoms with Crippen molar-refractivity contribution in [2.45, 2.75) is 39.0 Å². The Labute approximate surface area is 106 Å². The third-order valence-electron chi connectivity index (χ3n) is 3.48. The second kappa shape index (κ2) is 5.37. The van der Waals surface area contributed by atoms with Gasteiger partial charge in [0.15, 0.2) is 5.13 Å². The van der Waals surface area contributed by atoms with Crippen LogP contribution in [0.15, 0.2) is 5.38 Å². The van der Waals surface area contributed by atoms with E-state index < -0.39 is 0 Å². The Bertz CT molecular complexity index is 332. The van der Waals surface area contributed by atoms with Crippen LogP contribution in [0.5, 0.6) is 0 Å². The molecule has 0 amide bonds. The number of hydrogen-bond donors (Lipinski definition) is 1. The Morgan fingerprint density at radius 3 is 2.81 bits per heavy atom. The zero-order valence-electron chi connectivity index (χ0n) is 9.76. The highest BCUT2D eigenvalue weighted by molar-refractivity contribution is 7.13. The van der Waals surface area contributed by atoms with Crippen molar-refractivity contribution in [2.24, 2.45) is 5.41 Å². The van der Waals surface area contributed by atoms with Gasteiger partial charge in [-0.1, -0.05) is 19.8 Å². The summed E-state index contributed by atoms with van der Waals surface area (Å²) in [6.07, 6.45) is 6.18. The van der Waals surface area contributed by atoms with Crippen LogP contribution in [-0.2, 0) is 6.42 Å². The fourth-order valence-corrected chi connectivity index (χ4v) is 3.45. The van der Waals surface area contributed by atoms with Gasteiger partial charge in [-0.25, -0.2) is 4.98 Å². The number of halogens is 1. The molecule has 0 aromatic carbocycles. The minimum absolute atomic E-state index is 0.319. The van der Waals surface area contributed by atoms with Crippen LogP contribution in [0.3, 0.4) is 0 Å². The van der Waals surface area contributed by atoms with Crippen LogP contribution in [0.4, 0.5) is 5.13 Å². The molecule has 2 nitrogen and oxygen atoms in total. The molecule has 0 unspecified atom stereocenters. The zero-order chi connectivity index (χ0) is 11.4. The molecule has 0 bridgehead atoms. The first-order chi connectivity index (χ1) is 7.78. The smallest absolute Gasteiger partial charge is 0.182 e. The summed E-state index contributed by atoms with van der Waals surface area (Å²) in [5.74, 6) is 0.770. The van der Waals surface area contributed by atoms with E-state index in [1.165, 1.54) is 31.4 Å². The minimum atomic E-state index is 0.319. The molecular formula is C12H19ClN2S. The number of rotatable bonds is 5. The monoisotopic (exact) mass is 258 g/mol. The SMILES string of the molecule is CCc1csc(NCC2(CCl)CCCC2)n1. The van der Waals surface area contributed by atoms with Crippen molar-refractivity contribution < 1.29 is 0 Å². The van der Waals surface area contributed by atoms with Gasteiger partial charge in [-0.2, -0.15) is 0 Å². The van der Waals surface area contributed by atoms with E-state index in [1.807, 2.05) is 0 Å². The molecule has 1 aromatic heterocycles. The zero-order valence-corrected chi connectivity index (χ0v) is 11.3. The van der Waals surface area contributed by atoms with Crippen molar-refractivity contribution in [1.82, 2.24) is 4.98 Å². The van der Waals surface area contributed by atoms with Crippen molar-refractivity contribution in [3.05, 3.63) is 11.1 Å². The number of nitrogens with zero attached hydrogens (tertiary/aromatic N) is 1. The lowest BCUT2D eigenvalue weighted by Gasteiger charge is -2.26. The quantitative estimate of drug-likeness (QED) is 0.810. The molecule has 0 aliphatic heterocycles. The largest absolute Gasteiger partial charge is 0.361 e. The Kier molecular flexibility index (Phi) is 4.09. The van der Waals surface area contributed by atoms with Gasteiger partial charge in [-0.05, 0) is 19.3 Å². The first-order valence-corrected chi connectivity index (χ1v) is 7.44. The number of anilines is 1. The molecule has 4 heteroatoms. The van der Waals surface area contributed by atoms with E-state index in [-0.39, 0.29) is 0 Å². The highest BCUT2D eigenvalue weighted by Gasteiger charge is 2.32. The molecule has 0 saturated heterocycles. The highest BCUT2D eigenvalue weighted by Crippen LogP contribution is 2.39. The summed E-state index contributed by atoms with van der Waals surface area (Å²) in [5, 5.41) is 6.63. The van der Waals surface area contributed by atoms with Gasteiger partial charge in [0.2, 0.25) is 0 Å². The Balaban J connectivity index is 1.90. The second-order valence-electron chi connectivity index (χ2n) is 4.69. The molecular weight excluding hydrogens is 240 g/mol. The van der Waals surface area contributed by atoms with Gasteiger partial charge in [0.1, 0.15) is 0 Å². The molecule has 2 rings (SSSR count). The number of nitrogens with one attached hydrogen (secondary N) is 1. The third-order valence-corrected chi connectivity index (χ3v) is 4.89. The maximum Gasteiger partial charge on any atom is 0.182 e. The lowest BCUT2D eigenvalue weighted by Crippen LogP contribution is -2.28. The normalized spacial score (nSPS) is 18.9. The molecule has 1 saturated carbocycles. The lowest BCUT2D eigenvalue weighted by atomic mass is 9.89. The van der Waals surface area contributed by atoms with Gasteiger partial charge >= 0.3 is 0 Å². The lowest BCUT2D eigenvalue weighted by molar-refractivity contribution is 0.368. The summed E-state index contributed by atoms with van der Waals surface area (Å²) in [5.41, 5.74) is 1.50. The summed E-state index contributed by atoms with van der Waals surface area (Å²) in [4.78, 5) is 4.52. The maximum absolute atomic E-state index is 6.11. The first-order valence-electron chi connectivity index (χ1n) is 6.02. The van der Waals surface area contributed by atoms with Gasteiger partial charge in [-0.15, -0.1) is 22.9 Å². The van der Waals surface area contributed by atoms with E-state index in [2.05, 4.69) is 22.6 Å². The average molecular weight is 259 g/mol. The fraction of sp³-hybridized carbons (Fsp3) is 0.750. The predicted molar refractivity (Wildman–Crippen MR) is 71.6 cm³/mol. The Morgan fingerprint density at radius 1 is 1.50 bits per heavy atom. The van der Waals surface area contributed by atoms with E-state index >= 15 is 0 Å². The van der Waals surface area contributed by atoms with Crippen LogP contribution in [0, 0.1) is 5.41 Å². The first kappa shape index (κ1) is 12.2. The molecule has 1 fully saturated rings. The molecule has 1 aliphatic carbocycles. The molecule has 1 heterocycles. The minimum Gasteiger partial charge on any atom is -0.361 e. The van der Waals surface area contributed by atoms with Crippen molar-refractivity contribution in [3.8, 4) is 0 Å². The molecule has 16 heavy (non-hydrogen) atoms. The molecule has 1 N–H and O–H groups in total. The highest BCUT2D eigenvalue weighted by atomic mass is 35.5. The Hall–Kier alpha value is -0.280. The van der Waals surface area contributed by atoms with E-state index in [1.54, 1.807) is 11.3 Å².